The highest BCUT2D eigenvalue weighted by Gasteiger charge is 2.33. The minimum atomic E-state index is -0.477. The first-order chi connectivity index (χ1) is 11.8. The van der Waals surface area contributed by atoms with Crippen LogP contribution in [0, 0.1) is 11.3 Å². The molecule has 1 amide bonds. The van der Waals surface area contributed by atoms with Crippen LogP contribution in [0.5, 0.6) is 0 Å². The molecule has 1 N–H and O–H groups in total. The quantitative estimate of drug-likeness (QED) is 0.791. The van der Waals surface area contributed by atoms with Gasteiger partial charge in [0.05, 0.1) is 25.4 Å². The highest BCUT2D eigenvalue weighted by atomic mass is 16.6. The topological polar surface area (TPSA) is 62.2 Å². The first kappa shape index (κ1) is 20.5. The van der Waals surface area contributed by atoms with Gasteiger partial charge in [-0.25, -0.2) is 4.79 Å². The van der Waals surface area contributed by atoms with Crippen molar-refractivity contribution in [2.24, 2.45) is 11.3 Å². The summed E-state index contributed by atoms with van der Waals surface area (Å²) in [5.41, 5.74) is 0.330. The molecule has 2 rings (SSSR count). The van der Waals surface area contributed by atoms with Gasteiger partial charge >= 0.3 is 6.09 Å². The maximum absolute atomic E-state index is 11.7. The third kappa shape index (κ3) is 6.76. The van der Waals surface area contributed by atoms with Crippen molar-refractivity contribution in [1.82, 2.24) is 9.80 Å². The lowest BCUT2D eigenvalue weighted by molar-refractivity contribution is -0.0631. The highest BCUT2D eigenvalue weighted by Crippen LogP contribution is 2.39. The van der Waals surface area contributed by atoms with E-state index in [0.29, 0.717) is 44.2 Å². The number of nitrogens with zero attached hydrogens (tertiary/aromatic N) is 2. The van der Waals surface area contributed by atoms with Gasteiger partial charge in [0.15, 0.2) is 0 Å². The fraction of sp³-hybridized carbons (Fsp3) is 0.947. The average molecular weight is 357 g/mol. The zero-order valence-electron chi connectivity index (χ0n) is 16.4. The summed E-state index contributed by atoms with van der Waals surface area (Å²) in [4.78, 5) is 15.6. The molecule has 1 saturated heterocycles. The number of β-amino-alcohol motifs (C(OH)–C–C–N with tert-alkyl or cyclic N) is 1. The van der Waals surface area contributed by atoms with E-state index in [9.17, 15) is 9.90 Å². The van der Waals surface area contributed by atoms with E-state index in [1.807, 2.05) is 6.92 Å². The number of carbonyl (C=O) groups is 1. The molecular formula is C19H36N2O4. The Kier molecular flexibility index (Phi) is 7.52. The third-order valence-electron chi connectivity index (χ3n) is 5.24. The number of amides is 1. The van der Waals surface area contributed by atoms with Crippen molar-refractivity contribution >= 4 is 6.09 Å². The molecule has 6 heteroatoms. The van der Waals surface area contributed by atoms with Crippen LogP contribution >= 0.6 is 0 Å². The van der Waals surface area contributed by atoms with Gasteiger partial charge in [0.2, 0.25) is 0 Å². The van der Waals surface area contributed by atoms with Gasteiger partial charge in [-0.1, -0.05) is 20.8 Å². The standard InChI is InChI=1S/C19H36N2O4/c1-5-24-18(23)21-8-6-20(7-9-21)13-16(22)14-25-17-10-15(2)11-19(3,4)12-17/h15-17,22H,5-14H2,1-4H3/t15-,16-,17-/m0/s1. The Morgan fingerprint density at radius 1 is 1.24 bits per heavy atom. The van der Waals surface area contributed by atoms with Crippen LogP contribution in [0.25, 0.3) is 0 Å². The largest absolute Gasteiger partial charge is 0.450 e. The maximum Gasteiger partial charge on any atom is 0.409 e. The van der Waals surface area contributed by atoms with Crippen LogP contribution in [0.15, 0.2) is 0 Å². The second-order valence-corrected chi connectivity index (χ2v) is 8.51. The zero-order valence-corrected chi connectivity index (χ0v) is 16.4. The molecule has 0 aromatic heterocycles. The van der Waals surface area contributed by atoms with Gasteiger partial charge in [0.1, 0.15) is 0 Å². The number of hydrogen-bond donors (Lipinski definition) is 1. The smallest absolute Gasteiger partial charge is 0.409 e. The van der Waals surface area contributed by atoms with Crippen LogP contribution in [0.2, 0.25) is 0 Å². The Labute approximate surface area is 152 Å². The number of hydrogen-bond acceptors (Lipinski definition) is 5. The first-order valence-corrected chi connectivity index (χ1v) is 9.73. The predicted molar refractivity (Wildman–Crippen MR) is 97.6 cm³/mol. The van der Waals surface area contributed by atoms with Crippen LogP contribution in [0.3, 0.4) is 0 Å². The van der Waals surface area contributed by atoms with E-state index in [-0.39, 0.29) is 12.2 Å². The molecule has 1 aliphatic heterocycles. The Bertz CT molecular complexity index is 422. The molecule has 3 atom stereocenters. The summed E-state index contributed by atoms with van der Waals surface area (Å²) in [5, 5.41) is 10.3. The van der Waals surface area contributed by atoms with E-state index in [1.54, 1.807) is 4.90 Å². The lowest BCUT2D eigenvalue weighted by Gasteiger charge is -2.39. The first-order valence-electron chi connectivity index (χ1n) is 9.73. The number of carbonyl (C=O) groups excluding carboxylic acids is 1. The van der Waals surface area contributed by atoms with Crippen molar-refractivity contribution in [1.29, 1.82) is 0 Å². The molecule has 0 unspecified atom stereocenters. The average Bonchev–Trinajstić information content (AvgIpc) is 2.52. The van der Waals surface area contributed by atoms with Gasteiger partial charge in [-0.2, -0.15) is 0 Å². The van der Waals surface area contributed by atoms with Gasteiger partial charge in [0, 0.05) is 32.7 Å². The number of rotatable bonds is 6. The molecule has 146 valence electrons. The zero-order chi connectivity index (χ0) is 18.4. The van der Waals surface area contributed by atoms with Crippen molar-refractivity contribution in [2.45, 2.75) is 59.2 Å². The van der Waals surface area contributed by atoms with E-state index >= 15 is 0 Å². The lowest BCUT2D eigenvalue weighted by atomic mass is 9.71. The Morgan fingerprint density at radius 2 is 1.92 bits per heavy atom. The third-order valence-corrected chi connectivity index (χ3v) is 5.24. The Balaban J connectivity index is 1.66. The molecule has 0 radical (unpaired) electrons. The Hall–Kier alpha value is -0.850. The monoisotopic (exact) mass is 356 g/mol. The number of aliphatic hydroxyl groups is 1. The molecular weight excluding hydrogens is 320 g/mol. The summed E-state index contributed by atoms with van der Waals surface area (Å²) in [5.74, 6) is 0.682. The summed E-state index contributed by atoms with van der Waals surface area (Å²) in [6, 6.07) is 0. The molecule has 1 heterocycles. The van der Waals surface area contributed by atoms with Crippen LogP contribution < -0.4 is 0 Å². The van der Waals surface area contributed by atoms with E-state index < -0.39 is 6.10 Å². The maximum atomic E-state index is 11.7. The molecule has 0 spiro atoms. The van der Waals surface area contributed by atoms with Crippen LogP contribution in [0.4, 0.5) is 4.79 Å². The number of aliphatic hydroxyl groups excluding tert-OH is 1. The molecule has 0 bridgehead atoms. The molecule has 1 saturated carbocycles. The minimum absolute atomic E-state index is 0.236. The summed E-state index contributed by atoms with van der Waals surface area (Å²) < 4.78 is 11.1. The predicted octanol–water partition coefficient (Wildman–Crippen LogP) is 2.35. The molecule has 2 aliphatic rings. The van der Waals surface area contributed by atoms with E-state index in [0.717, 1.165) is 25.9 Å². The highest BCUT2D eigenvalue weighted by molar-refractivity contribution is 5.67. The van der Waals surface area contributed by atoms with Crippen molar-refractivity contribution in [2.75, 3.05) is 45.9 Å². The lowest BCUT2D eigenvalue weighted by Crippen LogP contribution is -2.51. The number of piperazine rings is 1. The molecule has 25 heavy (non-hydrogen) atoms. The summed E-state index contributed by atoms with van der Waals surface area (Å²) >= 11 is 0. The second kappa shape index (κ2) is 9.19. The van der Waals surface area contributed by atoms with Crippen molar-refractivity contribution < 1.29 is 19.4 Å². The van der Waals surface area contributed by atoms with E-state index in [1.165, 1.54) is 6.42 Å². The Morgan fingerprint density at radius 3 is 2.52 bits per heavy atom. The van der Waals surface area contributed by atoms with Crippen molar-refractivity contribution in [3.05, 3.63) is 0 Å². The molecule has 0 aromatic carbocycles. The fourth-order valence-corrected chi connectivity index (χ4v) is 4.31. The van der Waals surface area contributed by atoms with Gasteiger partial charge in [-0.3, -0.25) is 4.90 Å². The SMILES string of the molecule is CCOC(=O)N1CCN(C[C@H](O)CO[C@H]2C[C@H](C)CC(C)(C)C2)CC1. The minimum Gasteiger partial charge on any atom is -0.450 e. The van der Waals surface area contributed by atoms with Crippen LogP contribution in [-0.4, -0.2) is 79.1 Å². The van der Waals surface area contributed by atoms with Gasteiger partial charge in [0.25, 0.3) is 0 Å². The molecule has 1 aliphatic carbocycles. The summed E-state index contributed by atoms with van der Waals surface area (Å²) in [6.45, 7) is 13.0. The van der Waals surface area contributed by atoms with Crippen LogP contribution in [-0.2, 0) is 9.47 Å². The summed E-state index contributed by atoms with van der Waals surface area (Å²) in [7, 11) is 0. The van der Waals surface area contributed by atoms with Crippen LogP contribution in [0.1, 0.15) is 47.0 Å². The van der Waals surface area contributed by atoms with Gasteiger partial charge in [-0.15, -0.1) is 0 Å². The normalized spacial score (nSPS) is 28.6. The molecule has 6 nitrogen and oxygen atoms in total. The van der Waals surface area contributed by atoms with E-state index in [4.69, 9.17) is 9.47 Å². The molecule has 0 aromatic rings. The van der Waals surface area contributed by atoms with Crippen molar-refractivity contribution in [3.63, 3.8) is 0 Å². The van der Waals surface area contributed by atoms with E-state index in [2.05, 4.69) is 25.7 Å². The molecule has 2 fully saturated rings. The van der Waals surface area contributed by atoms with Crippen molar-refractivity contribution in [3.8, 4) is 0 Å². The van der Waals surface area contributed by atoms with Gasteiger partial charge in [-0.05, 0) is 37.5 Å². The summed E-state index contributed by atoms with van der Waals surface area (Å²) in [6.07, 6.45) is 2.96. The van der Waals surface area contributed by atoms with Gasteiger partial charge < -0.3 is 19.5 Å². The second-order valence-electron chi connectivity index (χ2n) is 8.51. The fourth-order valence-electron chi connectivity index (χ4n) is 4.31. The number of ether oxygens (including phenoxy) is 2.